The number of aryl methyl sites for hydroxylation is 1. The van der Waals surface area contributed by atoms with Crippen molar-refractivity contribution in [3.8, 4) is 22.3 Å². The van der Waals surface area contributed by atoms with Gasteiger partial charge in [-0.1, -0.05) is 86.1 Å². The molecule has 1 N–H and O–H groups in total. The predicted molar refractivity (Wildman–Crippen MR) is 129 cm³/mol. The smallest absolute Gasteiger partial charge is 0.373 e. The lowest BCUT2D eigenvalue weighted by atomic mass is 9.98. The maximum atomic E-state index is 11.6. The van der Waals surface area contributed by atoms with E-state index in [0.717, 1.165) is 41.8 Å². The highest BCUT2D eigenvalue weighted by Gasteiger charge is 2.15. The number of unbranched alkanes of at least 4 members (excludes halogenated alkanes) is 1. The van der Waals surface area contributed by atoms with Crippen molar-refractivity contribution in [2.24, 2.45) is 0 Å². The van der Waals surface area contributed by atoms with Crippen molar-refractivity contribution >= 4 is 12.1 Å². The van der Waals surface area contributed by atoms with Crippen LogP contribution in [-0.2, 0) is 22.6 Å². The molecule has 0 atom stereocenters. The van der Waals surface area contributed by atoms with E-state index in [1.165, 1.54) is 17.3 Å². The Kier molecular flexibility index (Phi) is 8.67. The van der Waals surface area contributed by atoms with Gasteiger partial charge in [0.1, 0.15) is 11.5 Å². The van der Waals surface area contributed by atoms with Crippen LogP contribution in [-0.4, -0.2) is 26.8 Å². The van der Waals surface area contributed by atoms with Crippen LogP contribution in [0.25, 0.3) is 22.3 Å². The number of carboxylic acids is 1. The van der Waals surface area contributed by atoms with E-state index >= 15 is 0 Å². The highest BCUT2D eigenvalue weighted by Crippen LogP contribution is 2.27. The Bertz CT molecular complexity index is 1260. The van der Waals surface area contributed by atoms with Gasteiger partial charge in [-0.3, -0.25) is 0 Å². The van der Waals surface area contributed by atoms with Gasteiger partial charge in [-0.25, -0.2) is 9.78 Å². The van der Waals surface area contributed by atoms with Gasteiger partial charge in [-0.05, 0) is 40.3 Å². The molecule has 4 aromatic rings. The number of benzene rings is 3. The lowest BCUT2D eigenvalue weighted by Gasteiger charge is -2.11. The molecule has 0 aliphatic heterocycles. The zero-order valence-electron chi connectivity index (χ0n) is 19.0. The molecule has 0 aliphatic carbocycles. The minimum Gasteiger partial charge on any atom is -0.477 e. The van der Waals surface area contributed by atoms with E-state index in [0.29, 0.717) is 6.54 Å². The van der Waals surface area contributed by atoms with Crippen LogP contribution in [0.1, 0.15) is 41.6 Å². The van der Waals surface area contributed by atoms with E-state index in [1.807, 2.05) is 22.8 Å². The lowest BCUT2D eigenvalue weighted by Crippen LogP contribution is -2.12. The van der Waals surface area contributed by atoms with E-state index in [2.05, 4.69) is 72.6 Å². The number of imidazole rings is 1. The van der Waals surface area contributed by atoms with Crippen LogP contribution >= 0.6 is 0 Å². The van der Waals surface area contributed by atoms with Gasteiger partial charge in [0.25, 0.3) is 0 Å². The van der Waals surface area contributed by atoms with Crippen molar-refractivity contribution in [2.45, 2.75) is 32.7 Å². The van der Waals surface area contributed by atoms with Crippen LogP contribution in [0.15, 0.2) is 85.1 Å². The third-order valence-electron chi connectivity index (χ3n) is 5.51. The van der Waals surface area contributed by atoms with Crippen molar-refractivity contribution < 1.29 is 19.5 Å². The van der Waals surface area contributed by atoms with Gasteiger partial charge >= 0.3 is 12.1 Å². The van der Waals surface area contributed by atoms with Crippen molar-refractivity contribution in [1.29, 1.82) is 0 Å². The molecular formula is C28H26N2O4. The average Bonchev–Trinajstić information content (AvgIpc) is 3.27. The Hall–Kier alpha value is -4.28. The quantitative estimate of drug-likeness (QED) is 0.368. The molecule has 172 valence electrons. The summed E-state index contributed by atoms with van der Waals surface area (Å²) in [5, 5.41) is 9.53. The molecule has 0 radical (unpaired) electrons. The Labute approximate surface area is 198 Å². The number of rotatable bonds is 8. The fourth-order valence-electron chi connectivity index (χ4n) is 3.79. The number of carboxylic acid groups (broad SMARTS) is 1. The van der Waals surface area contributed by atoms with Gasteiger partial charge in [-0.2, -0.15) is 9.59 Å². The van der Waals surface area contributed by atoms with Crippen LogP contribution in [0, 0.1) is 0 Å². The van der Waals surface area contributed by atoms with Gasteiger partial charge in [0, 0.05) is 13.0 Å². The Morgan fingerprint density at radius 2 is 1.47 bits per heavy atom. The molecule has 34 heavy (non-hydrogen) atoms. The third kappa shape index (κ3) is 6.15. The number of hydrogen-bond donors (Lipinski definition) is 1. The summed E-state index contributed by atoms with van der Waals surface area (Å²) in [5.74, 6) is -0.108. The normalized spacial score (nSPS) is 10.1. The van der Waals surface area contributed by atoms with Gasteiger partial charge in [0.05, 0.1) is 6.20 Å². The summed E-state index contributed by atoms with van der Waals surface area (Å²) < 4.78 is 1.82. The molecule has 3 aromatic carbocycles. The third-order valence-corrected chi connectivity index (χ3v) is 5.51. The number of carbonyl (C=O) groups excluding carboxylic acids is 2. The standard InChI is InChI=1S/C27H26N2O2.CO2/c1-2-3-12-26-28-18-25(27(30)31)29(26)19-20-13-15-22(16-14-20)24-11-7-10-23(17-24)21-8-5-4-6-9-21;2-1-3/h4-11,13-18H,2-3,12,19H2,1H3,(H,30,31);. The molecule has 1 aromatic heterocycles. The summed E-state index contributed by atoms with van der Waals surface area (Å²) in [6.07, 6.45) is 4.55. The van der Waals surface area contributed by atoms with Crippen molar-refractivity contribution in [2.75, 3.05) is 0 Å². The predicted octanol–water partition coefficient (Wildman–Crippen LogP) is 5.72. The fraction of sp³-hybridized carbons (Fsp3) is 0.179. The fourth-order valence-corrected chi connectivity index (χ4v) is 3.79. The zero-order valence-corrected chi connectivity index (χ0v) is 19.0. The van der Waals surface area contributed by atoms with Crippen LogP contribution in [0.2, 0.25) is 0 Å². The maximum absolute atomic E-state index is 11.6. The molecule has 0 unspecified atom stereocenters. The van der Waals surface area contributed by atoms with Gasteiger partial charge in [0.15, 0.2) is 0 Å². The van der Waals surface area contributed by atoms with Gasteiger partial charge in [-0.15, -0.1) is 0 Å². The lowest BCUT2D eigenvalue weighted by molar-refractivity contribution is -0.191. The molecule has 0 bridgehead atoms. The first-order valence-corrected chi connectivity index (χ1v) is 11.1. The van der Waals surface area contributed by atoms with E-state index in [9.17, 15) is 9.90 Å². The summed E-state index contributed by atoms with van der Waals surface area (Å²) in [6, 6.07) is 27.2. The number of aromatic nitrogens is 2. The Morgan fingerprint density at radius 3 is 2.06 bits per heavy atom. The van der Waals surface area contributed by atoms with Crippen molar-refractivity contribution in [3.05, 3.63) is 102 Å². The molecule has 0 saturated heterocycles. The molecule has 6 nitrogen and oxygen atoms in total. The summed E-state index contributed by atoms with van der Waals surface area (Å²) in [7, 11) is 0. The topological polar surface area (TPSA) is 89.3 Å². The first kappa shape index (κ1) is 24.4. The first-order chi connectivity index (χ1) is 16.6. The summed E-state index contributed by atoms with van der Waals surface area (Å²) in [4.78, 5) is 32.2. The molecule has 4 rings (SSSR count). The van der Waals surface area contributed by atoms with E-state index in [1.54, 1.807) is 0 Å². The van der Waals surface area contributed by atoms with E-state index in [-0.39, 0.29) is 11.8 Å². The molecule has 6 heteroatoms. The van der Waals surface area contributed by atoms with E-state index in [4.69, 9.17) is 9.59 Å². The summed E-state index contributed by atoms with van der Waals surface area (Å²) >= 11 is 0. The zero-order chi connectivity index (χ0) is 24.3. The summed E-state index contributed by atoms with van der Waals surface area (Å²) in [6.45, 7) is 2.63. The van der Waals surface area contributed by atoms with Crippen molar-refractivity contribution in [1.82, 2.24) is 9.55 Å². The molecular weight excluding hydrogens is 428 g/mol. The number of carbonyl (C=O) groups is 1. The minimum atomic E-state index is -0.940. The molecule has 0 aliphatic rings. The minimum absolute atomic E-state index is 0.241. The second-order valence-corrected chi connectivity index (χ2v) is 7.78. The number of nitrogens with zero attached hydrogens (tertiary/aromatic N) is 2. The van der Waals surface area contributed by atoms with Crippen LogP contribution < -0.4 is 0 Å². The molecule has 0 saturated carbocycles. The molecule has 0 spiro atoms. The highest BCUT2D eigenvalue weighted by molar-refractivity contribution is 5.85. The highest BCUT2D eigenvalue weighted by atomic mass is 16.4. The molecule has 1 heterocycles. The second-order valence-electron chi connectivity index (χ2n) is 7.78. The average molecular weight is 455 g/mol. The van der Waals surface area contributed by atoms with Crippen molar-refractivity contribution in [3.63, 3.8) is 0 Å². The Balaban J connectivity index is 0.00000103. The monoisotopic (exact) mass is 454 g/mol. The summed E-state index contributed by atoms with van der Waals surface area (Å²) in [5.41, 5.74) is 5.98. The SMILES string of the molecule is CCCCc1ncc(C(=O)O)n1Cc1ccc(-c2cccc(-c3ccccc3)c2)cc1.O=C=O. The Morgan fingerprint density at radius 1 is 0.882 bits per heavy atom. The van der Waals surface area contributed by atoms with Gasteiger partial charge in [0.2, 0.25) is 0 Å². The number of hydrogen-bond acceptors (Lipinski definition) is 4. The van der Waals surface area contributed by atoms with Crippen LogP contribution in [0.5, 0.6) is 0 Å². The van der Waals surface area contributed by atoms with E-state index < -0.39 is 5.97 Å². The largest absolute Gasteiger partial charge is 0.477 e. The van der Waals surface area contributed by atoms with Crippen LogP contribution in [0.3, 0.4) is 0 Å². The first-order valence-electron chi connectivity index (χ1n) is 11.1. The molecule has 0 fully saturated rings. The molecule has 0 amide bonds. The second kappa shape index (κ2) is 12.1. The van der Waals surface area contributed by atoms with Crippen LogP contribution in [0.4, 0.5) is 0 Å². The van der Waals surface area contributed by atoms with Gasteiger partial charge < -0.3 is 9.67 Å². The number of aromatic carboxylic acids is 1. The maximum Gasteiger partial charge on any atom is 0.373 e.